The van der Waals surface area contributed by atoms with E-state index in [9.17, 15) is 14.1 Å². The van der Waals surface area contributed by atoms with Gasteiger partial charge in [-0.2, -0.15) is 0 Å². The van der Waals surface area contributed by atoms with E-state index in [4.69, 9.17) is 4.18 Å². The lowest BCUT2D eigenvalue weighted by atomic mass is 10.2. The molecule has 0 aliphatic carbocycles. The number of hydrogen-bond donors (Lipinski definition) is 1. The summed E-state index contributed by atoms with van der Waals surface area (Å²) in [5.74, 6) is 2.74. The number of benzene rings is 2. The number of phenolic OH excluding ortho intramolecular Hbond substituents is 1. The molecule has 0 bridgehead atoms. The molecular weight excluding hydrogens is 323 g/mol. The van der Waals surface area contributed by atoms with E-state index < -0.39 is 15.8 Å². The Labute approximate surface area is 131 Å². The Kier molecular flexibility index (Phi) is 4.74. The second kappa shape index (κ2) is 6.38. The Morgan fingerprint density at radius 3 is 2.45 bits per heavy atom. The summed E-state index contributed by atoms with van der Waals surface area (Å²) in [6.45, 7) is 1.91. The Balaban J connectivity index is 2.34. The van der Waals surface area contributed by atoms with Crippen LogP contribution in [0.1, 0.15) is 15.9 Å². The summed E-state index contributed by atoms with van der Waals surface area (Å²) >= 11 is 0. The van der Waals surface area contributed by atoms with Crippen LogP contribution >= 0.6 is 9.47 Å². The van der Waals surface area contributed by atoms with Gasteiger partial charge in [0.15, 0.2) is 0 Å². The Bertz CT molecular complexity index is 797. The monoisotopic (exact) mass is 338 g/mol. The number of phenols is 1. The van der Waals surface area contributed by atoms with Crippen molar-refractivity contribution >= 4 is 31.1 Å². The molecule has 0 heterocycles. The molecule has 0 radical (unpaired) electrons. The van der Waals surface area contributed by atoms with Gasteiger partial charge in [-0.1, -0.05) is 17.7 Å². The molecule has 116 valence electrons. The fraction of sp³-hybridized carbons (Fsp3) is 0.0667. The van der Waals surface area contributed by atoms with Gasteiger partial charge in [-0.15, -0.1) is 0 Å². The van der Waals surface area contributed by atoms with Crippen molar-refractivity contribution in [2.75, 3.05) is 0 Å². The highest BCUT2D eigenvalue weighted by Crippen LogP contribution is 2.26. The van der Waals surface area contributed by atoms with Crippen molar-refractivity contribution in [1.82, 2.24) is 0 Å². The van der Waals surface area contributed by atoms with Crippen LogP contribution in [0.4, 0.5) is 0 Å². The van der Waals surface area contributed by atoms with E-state index in [1.807, 2.05) is 6.92 Å². The van der Waals surface area contributed by atoms with E-state index in [0.717, 1.165) is 5.56 Å². The predicted octanol–water partition coefficient (Wildman–Crippen LogP) is 2.72. The summed E-state index contributed by atoms with van der Waals surface area (Å²) in [6.07, 6.45) is 0. The van der Waals surface area contributed by atoms with Crippen molar-refractivity contribution in [1.29, 1.82) is 0 Å². The summed E-state index contributed by atoms with van der Waals surface area (Å²) in [4.78, 5) is 11.9. The zero-order chi connectivity index (χ0) is 16.3. The Morgan fingerprint density at radius 2 is 1.86 bits per heavy atom. The summed E-state index contributed by atoms with van der Waals surface area (Å²) in [5, 5.41) is 9.63. The van der Waals surface area contributed by atoms with Crippen LogP contribution in [0.25, 0.3) is 0 Å². The highest BCUT2D eigenvalue weighted by atomic mass is 32.2. The largest absolute Gasteiger partial charge is 0.507 e. The summed E-state index contributed by atoms with van der Waals surface area (Å²) in [7, 11) is -1.23. The van der Waals surface area contributed by atoms with E-state index in [2.05, 4.69) is 10.4 Å². The zero-order valence-corrected chi connectivity index (χ0v) is 13.8. The Hall–Kier alpha value is -2.04. The van der Waals surface area contributed by atoms with Crippen molar-refractivity contribution in [3.05, 3.63) is 53.6 Å². The molecule has 0 saturated carbocycles. The number of carbonyl (C=O) groups is 1. The van der Waals surface area contributed by atoms with Crippen LogP contribution in [0, 0.1) is 6.92 Å². The standard InChI is InChI=1S/C15H15O5PS/c1-10-3-6-12(7-4-10)22(2,18)20-11-5-8-14(16)13(9-11)15(17)19-21/h3-9,16H,2,21H2,1H3. The lowest BCUT2D eigenvalue weighted by Gasteiger charge is -2.13. The smallest absolute Gasteiger partial charge is 0.344 e. The summed E-state index contributed by atoms with van der Waals surface area (Å²) < 4.78 is 22.5. The number of aryl methyl sites for hydroxylation is 1. The molecule has 2 rings (SSSR count). The van der Waals surface area contributed by atoms with Crippen molar-refractivity contribution in [2.45, 2.75) is 11.8 Å². The number of hydrogen-bond acceptors (Lipinski definition) is 5. The second-order valence-electron chi connectivity index (χ2n) is 4.60. The molecule has 0 spiro atoms. The predicted molar refractivity (Wildman–Crippen MR) is 88.6 cm³/mol. The van der Waals surface area contributed by atoms with Gasteiger partial charge in [0, 0.05) is 6.07 Å². The first-order valence-electron chi connectivity index (χ1n) is 6.21. The number of rotatable bonds is 4. The molecule has 0 aliphatic rings. The van der Waals surface area contributed by atoms with Crippen LogP contribution in [0.2, 0.25) is 0 Å². The van der Waals surface area contributed by atoms with Crippen molar-refractivity contribution < 1.29 is 22.8 Å². The average Bonchev–Trinajstić information content (AvgIpc) is 2.48. The van der Waals surface area contributed by atoms with E-state index in [-0.39, 0.29) is 17.1 Å². The topological polar surface area (TPSA) is 72.8 Å². The highest BCUT2D eigenvalue weighted by molar-refractivity contribution is 7.96. The second-order valence-corrected chi connectivity index (χ2v) is 6.70. The normalized spacial score (nSPS) is 13.2. The van der Waals surface area contributed by atoms with Gasteiger partial charge < -0.3 is 13.8 Å². The molecule has 1 N–H and O–H groups in total. The fourth-order valence-corrected chi connectivity index (χ4v) is 2.93. The van der Waals surface area contributed by atoms with Gasteiger partial charge in [0.05, 0.1) is 14.4 Å². The van der Waals surface area contributed by atoms with Crippen LogP contribution in [-0.2, 0) is 14.3 Å². The van der Waals surface area contributed by atoms with Crippen LogP contribution in [0.15, 0.2) is 47.4 Å². The van der Waals surface area contributed by atoms with Gasteiger partial charge in [-0.05, 0) is 37.1 Å². The zero-order valence-electron chi connectivity index (χ0n) is 11.8. The van der Waals surface area contributed by atoms with Gasteiger partial charge in [0.25, 0.3) is 0 Å². The molecule has 2 atom stereocenters. The van der Waals surface area contributed by atoms with E-state index in [1.165, 1.54) is 18.2 Å². The number of aromatic hydroxyl groups is 1. The summed E-state index contributed by atoms with van der Waals surface area (Å²) in [6, 6.07) is 10.9. The van der Waals surface area contributed by atoms with Gasteiger partial charge in [-0.25, -0.2) is 9.00 Å². The lowest BCUT2D eigenvalue weighted by molar-refractivity contribution is 0.0762. The molecule has 0 saturated heterocycles. The molecule has 2 aromatic carbocycles. The quantitative estimate of drug-likeness (QED) is 0.685. The average molecular weight is 338 g/mol. The van der Waals surface area contributed by atoms with Crippen LogP contribution in [-0.4, -0.2) is 21.2 Å². The van der Waals surface area contributed by atoms with Crippen molar-refractivity contribution in [2.24, 2.45) is 0 Å². The maximum atomic E-state index is 12.6. The van der Waals surface area contributed by atoms with E-state index in [0.29, 0.717) is 4.90 Å². The first-order chi connectivity index (χ1) is 10.3. The molecule has 0 aromatic heterocycles. The molecule has 22 heavy (non-hydrogen) atoms. The van der Waals surface area contributed by atoms with Crippen LogP contribution in [0.5, 0.6) is 11.5 Å². The maximum Gasteiger partial charge on any atom is 0.344 e. The number of carbonyl (C=O) groups excluding carboxylic acids is 1. The maximum absolute atomic E-state index is 12.6. The molecule has 2 aromatic rings. The van der Waals surface area contributed by atoms with Gasteiger partial charge in [0.1, 0.15) is 26.9 Å². The fourth-order valence-electron chi connectivity index (χ4n) is 1.74. The Morgan fingerprint density at radius 1 is 1.23 bits per heavy atom. The minimum Gasteiger partial charge on any atom is -0.507 e. The van der Waals surface area contributed by atoms with E-state index in [1.54, 1.807) is 33.7 Å². The first-order valence-corrected chi connectivity index (χ1v) is 8.33. The minimum absolute atomic E-state index is 0.0911. The SMILES string of the molecule is C=S(=O)(Oc1ccc(O)c(C(=O)OP)c1)c1ccc(C)cc1. The minimum atomic E-state index is -3.03. The molecule has 7 heteroatoms. The van der Waals surface area contributed by atoms with Crippen molar-refractivity contribution in [3.63, 3.8) is 0 Å². The molecule has 0 amide bonds. The first kappa shape index (κ1) is 16.3. The molecular formula is C15H15O5PS. The molecule has 2 unspecified atom stereocenters. The lowest BCUT2D eigenvalue weighted by Crippen LogP contribution is -2.10. The third-order valence-electron chi connectivity index (χ3n) is 2.91. The third-order valence-corrected chi connectivity index (χ3v) is 4.57. The molecule has 0 fully saturated rings. The van der Waals surface area contributed by atoms with Gasteiger partial charge in [0.2, 0.25) is 0 Å². The van der Waals surface area contributed by atoms with Gasteiger partial charge in [-0.3, -0.25) is 0 Å². The third kappa shape index (κ3) is 3.59. The molecule has 0 aliphatic heterocycles. The van der Waals surface area contributed by atoms with E-state index >= 15 is 0 Å². The highest BCUT2D eigenvalue weighted by Gasteiger charge is 2.15. The van der Waals surface area contributed by atoms with Crippen molar-refractivity contribution in [3.8, 4) is 11.5 Å². The molecule has 5 nitrogen and oxygen atoms in total. The van der Waals surface area contributed by atoms with Crippen LogP contribution < -0.4 is 4.18 Å². The van der Waals surface area contributed by atoms with Crippen LogP contribution in [0.3, 0.4) is 0 Å². The summed E-state index contributed by atoms with van der Waals surface area (Å²) in [5.41, 5.74) is 0.931. The van der Waals surface area contributed by atoms with Gasteiger partial charge >= 0.3 is 5.97 Å².